The van der Waals surface area contributed by atoms with Crippen LogP contribution in [-0.4, -0.2) is 30.5 Å². The summed E-state index contributed by atoms with van der Waals surface area (Å²) >= 11 is 7.07. The number of hydrogen-bond acceptors (Lipinski definition) is 4. The summed E-state index contributed by atoms with van der Waals surface area (Å²) in [7, 11) is 1.31. The lowest BCUT2D eigenvalue weighted by molar-refractivity contribution is -0.137. The number of esters is 1. The maximum Gasteiger partial charge on any atom is 0.315 e. The monoisotopic (exact) mass is 273 g/mol. The number of methoxy groups -OCH3 is 1. The van der Waals surface area contributed by atoms with E-state index in [1.807, 2.05) is 0 Å². The Kier molecular flexibility index (Phi) is 5.86. The standard InChI is InChI=1S/C11H12ClNO3S/c1-16-11(15)7-17-6-10(14)13-9-5-3-2-4-8(9)12/h2-5H,6-7H2,1H3,(H,13,14). The molecule has 0 radical (unpaired) electrons. The van der Waals surface area contributed by atoms with E-state index in [1.165, 1.54) is 18.9 Å². The molecule has 17 heavy (non-hydrogen) atoms. The van der Waals surface area contributed by atoms with Gasteiger partial charge in [-0.2, -0.15) is 0 Å². The Labute approximate surface area is 109 Å². The first-order valence-corrected chi connectivity index (χ1v) is 6.35. The third-order valence-corrected chi connectivity index (χ3v) is 3.06. The fourth-order valence-corrected chi connectivity index (χ4v) is 1.86. The van der Waals surface area contributed by atoms with Crippen molar-refractivity contribution in [2.24, 2.45) is 0 Å². The quantitative estimate of drug-likeness (QED) is 0.836. The van der Waals surface area contributed by atoms with E-state index in [0.29, 0.717) is 10.7 Å². The van der Waals surface area contributed by atoms with E-state index < -0.39 is 0 Å². The second-order valence-corrected chi connectivity index (χ2v) is 4.49. The second-order valence-electron chi connectivity index (χ2n) is 3.10. The number of rotatable bonds is 5. The molecule has 0 aliphatic carbocycles. The van der Waals surface area contributed by atoms with E-state index in [0.717, 1.165) is 0 Å². The number of hydrogen-bond donors (Lipinski definition) is 1. The number of amides is 1. The van der Waals surface area contributed by atoms with Crippen LogP contribution in [-0.2, 0) is 14.3 Å². The van der Waals surface area contributed by atoms with Crippen LogP contribution in [0.5, 0.6) is 0 Å². The molecule has 0 aromatic heterocycles. The lowest BCUT2D eigenvalue weighted by atomic mass is 10.3. The molecule has 0 bridgehead atoms. The van der Waals surface area contributed by atoms with Crippen LogP contribution in [0.3, 0.4) is 0 Å². The number of anilines is 1. The summed E-state index contributed by atoms with van der Waals surface area (Å²) < 4.78 is 4.46. The SMILES string of the molecule is COC(=O)CSCC(=O)Nc1ccccc1Cl. The van der Waals surface area contributed by atoms with Crippen molar-refractivity contribution in [2.75, 3.05) is 23.9 Å². The van der Waals surface area contributed by atoms with Gasteiger partial charge in [0.25, 0.3) is 0 Å². The highest BCUT2D eigenvalue weighted by molar-refractivity contribution is 8.00. The van der Waals surface area contributed by atoms with E-state index in [9.17, 15) is 9.59 Å². The maximum atomic E-state index is 11.5. The Morgan fingerprint density at radius 2 is 2.06 bits per heavy atom. The van der Waals surface area contributed by atoms with Gasteiger partial charge in [-0.25, -0.2) is 0 Å². The van der Waals surface area contributed by atoms with Crippen LogP contribution >= 0.6 is 23.4 Å². The Morgan fingerprint density at radius 3 is 2.71 bits per heavy atom. The number of nitrogens with one attached hydrogen (secondary N) is 1. The molecule has 0 saturated carbocycles. The van der Waals surface area contributed by atoms with Crippen molar-refractivity contribution in [1.82, 2.24) is 0 Å². The van der Waals surface area contributed by atoms with Crippen molar-refractivity contribution >= 4 is 40.9 Å². The van der Waals surface area contributed by atoms with Crippen molar-refractivity contribution in [3.8, 4) is 0 Å². The molecule has 1 aromatic carbocycles. The van der Waals surface area contributed by atoms with Gasteiger partial charge in [0.15, 0.2) is 0 Å². The Hall–Kier alpha value is -1.20. The molecule has 1 N–H and O–H groups in total. The van der Waals surface area contributed by atoms with Gasteiger partial charge in [-0.1, -0.05) is 23.7 Å². The van der Waals surface area contributed by atoms with Crippen LogP contribution < -0.4 is 5.32 Å². The molecule has 0 saturated heterocycles. The lowest BCUT2D eigenvalue weighted by Crippen LogP contribution is -2.16. The highest BCUT2D eigenvalue weighted by Gasteiger charge is 2.07. The molecule has 0 fully saturated rings. The Morgan fingerprint density at radius 1 is 1.35 bits per heavy atom. The summed E-state index contributed by atoms with van der Waals surface area (Å²) in [5.41, 5.74) is 0.567. The van der Waals surface area contributed by atoms with Gasteiger partial charge in [-0.05, 0) is 12.1 Å². The highest BCUT2D eigenvalue weighted by Crippen LogP contribution is 2.20. The van der Waals surface area contributed by atoms with Gasteiger partial charge in [-0.3, -0.25) is 9.59 Å². The first kappa shape index (κ1) is 13.9. The molecule has 1 aromatic rings. The van der Waals surface area contributed by atoms with E-state index in [2.05, 4.69) is 10.1 Å². The molecular weight excluding hydrogens is 262 g/mol. The minimum absolute atomic E-state index is 0.159. The number of ether oxygens (including phenoxy) is 1. The van der Waals surface area contributed by atoms with E-state index in [1.54, 1.807) is 24.3 Å². The third kappa shape index (κ3) is 5.10. The molecule has 0 atom stereocenters. The first-order chi connectivity index (χ1) is 8.13. The zero-order valence-electron chi connectivity index (χ0n) is 9.23. The van der Waals surface area contributed by atoms with E-state index >= 15 is 0 Å². The zero-order chi connectivity index (χ0) is 12.7. The average Bonchev–Trinajstić information content (AvgIpc) is 2.32. The largest absolute Gasteiger partial charge is 0.468 e. The van der Waals surface area contributed by atoms with Gasteiger partial charge >= 0.3 is 5.97 Å². The second kappa shape index (κ2) is 7.19. The predicted molar refractivity (Wildman–Crippen MR) is 69.4 cm³/mol. The van der Waals surface area contributed by atoms with Crippen molar-refractivity contribution in [3.63, 3.8) is 0 Å². The van der Waals surface area contributed by atoms with Crippen LogP contribution in [0.4, 0.5) is 5.69 Å². The van der Waals surface area contributed by atoms with Crippen molar-refractivity contribution in [3.05, 3.63) is 29.3 Å². The molecule has 1 rings (SSSR count). The van der Waals surface area contributed by atoms with Crippen LogP contribution in [0.2, 0.25) is 5.02 Å². The Bertz CT molecular complexity index is 411. The first-order valence-electron chi connectivity index (χ1n) is 4.82. The van der Waals surface area contributed by atoms with Crippen molar-refractivity contribution < 1.29 is 14.3 Å². The number of benzene rings is 1. The van der Waals surface area contributed by atoms with E-state index in [4.69, 9.17) is 11.6 Å². The number of halogens is 1. The molecule has 0 aliphatic rings. The summed E-state index contributed by atoms with van der Waals surface area (Å²) in [5, 5.41) is 3.14. The minimum atomic E-state index is -0.347. The average molecular weight is 274 g/mol. The summed E-state index contributed by atoms with van der Waals surface area (Å²) in [6.45, 7) is 0. The number of carbonyl (C=O) groups is 2. The van der Waals surface area contributed by atoms with Crippen LogP contribution in [0, 0.1) is 0 Å². The van der Waals surface area contributed by atoms with Gasteiger partial charge in [0, 0.05) is 0 Å². The van der Waals surface area contributed by atoms with Crippen molar-refractivity contribution in [1.29, 1.82) is 0 Å². The number of para-hydroxylation sites is 1. The maximum absolute atomic E-state index is 11.5. The lowest BCUT2D eigenvalue weighted by Gasteiger charge is -2.06. The smallest absolute Gasteiger partial charge is 0.315 e. The summed E-state index contributed by atoms with van der Waals surface area (Å²) in [6.07, 6.45) is 0. The van der Waals surface area contributed by atoms with Crippen LogP contribution in [0.25, 0.3) is 0 Å². The Balaban J connectivity index is 2.35. The molecule has 4 nitrogen and oxygen atoms in total. The number of carbonyl (C=O) groups excluding carboxylic acids is 2. The fraction of sp³-hybridized carbons (Fsp3) is 0.273. The third-order valence-electron chi connectivity index (χ3n) is 1.83. The molecule has 0 unspecified atom stereocenters. The summed E-state index contributed by atoms with van der Waals surface area (Å²) in [5.74, 6) is -0.209. The molecular formula is C11H12ClNO3S. The minimum Gasteiger partial charge on any atom is -0.468 e. The van der Waals surface area contributed by atoms with Crippen LogP contribution in [0.1, 0.15) is 0 Å². The normalized spacial score (nSPS) is 9.76. The molecule has 0 aliphatic heterocycles. The van der Waals surface area contributed by atoms with Gasteiger partial charge in [0.1, 0.15) is 0 Å². The molecule has 6 heteroatoms. The molecule has 92 valence electrons. The fourth-order valence-electron chi connectivity index (χ4n) is 1.03. The van der Waals surface area contributed by atoms with Crippen LogP contribution in [0.15, 0.2) is 24.3 Å². The molecule has 0 heterocycles. The van der Waals surface area contributed by atoms with Gasteiger partial charge < -0.3 is 10.1 Å². The van der Waals surface area contributed by atoms with E-state index in [-0.39, 0.29) is 23.4 Å². The summed E-state index contributed by atoms with van der Waals surface area (Å²) in [4.78, 5) is 22.3. The summed E-state index contributed by atoms with van der Waals surface area (Å²) in [6, 6.07) is 6.97. The highest BCUT2D eigenvalue weighted by atomic mass is 35.5. The van der Waals surface area contributed by atoms with Crippen molar-refractivity contribution in [2.45, 2.75) is 0 Å². The molecule has 0 spiro atoms. The van der Waals surface area contributed by atoms with Gasteiger partial charge in [-0.15, -0.1) is 11.8 Å². The van der Waals surface area contributed by atoms with Gasteiger partial charge in [0.05, 0.1) is 29.3 Å². The zero-order valence-corrected chi connectivity index (χ0v) is 10.8. The predicted octanol–water partition coefficient (Wildman–Crippen LogP) is 2.18. The number of thioether (sulfide) groups is 1. The van der Waals surface area contributed by atoms with Gasteiger partial charge in [0.2, 0.25) is 5.91 Å². The topological polar surface area (TPSA) is 55.4 Å². The molecule has 1 amide bonds.